The summed E-state index contributed by atoms with van der Waals surface area (Å²) in [5, 5.41) is 0. The normalized spacial score (nSPS) is 11.2. The van der Waals surface area contributed by atoms with Gasteiger partial charge in [-0.2, -0.15) is 0 Å². The zero-order chi connectivity index (χ0) is 13.1. The lowest BCUT2D eigenvalue weighted by molar-refractivity contribution is -0.859. The molecule has 0 N–H and O–H groups in total. The number of rotatable bonds is 5. The SMILES string of the molecule is [CH2-][N+](C)(C)Cc1cc(OC)c(OC)c(OC)c1. The molecule has 0 fully saturated rings. The quantitative estimate of drug-likeness (QED) is 0.581. The molecule has 1 aromatic rings. The average molecular weight is 239 g/mol. The Morgan fingerprint density at radius 2 is 1.47 bits per heavy atom. The third-order valence-corrected chi connectivity index (χ3v) is 2.34. The first-order chi connectivity index (χ1) is 7.91. The van der Waals surface area contributed by atoms with Gasteiger partial charge in [-0.3, -0.25) is 0 Å². The first-order valence-corrected chi connectivity index (χ1v) is 5.37. The van der Waals surface area contributed by atoms with Gasteiger partial charge in [-0.15, -0.1) is 7.05 Å². The van der Waals surface area contributed by atoms with Crippen molar-refractivity contribution in [2.45, 2.75) is 6.54 Å². The molecule has 0 unspecified atom stereocenters. The molecule has 1 aromatic carbocycles. The Hall–Kier alpha value is -1.42. The van der Waals surface area contributed by atoms with E-state index < -0.39 is 0 Å². The van der Waals surface area contributed by atoms with Gasteiger partial charge in [-0.05, 0) is 12.1 Å². The predicted octanol–water partition coefficient (Wildman–Crippen LogP) is 2.08. The van der Waals surface area contributed by atoms with Gasteiger partial charge in [-0.1, -0.05) is 0 Å². The molecule has 0 saturated heterocycles. The van der Waals surface area contributed by atoms with Crippen LogP contribution in [0, 0.1) is 7.05 Å². The van der Waals surface area contributed by atoms with Crippen LogP contribution >= 0.6 is 0 Å². The second-order valence-electron chi connectivity index (χ2n) is 4.63. The molecule has 0 aliphatic rings. The molecule has 0 bridgehead atoms. The fraction of sp³-hybridized carbons (Fsp3) is 0.462. The van der Waals surface area contributed by atoms with Crippen LogP contribution in [0.1, 0.15) is 5.56 Å². The van der Waals surface area contributed by atoms with E-state index in [9.17, 15) is 0 Å². The molecule has 0 aromatic heterocycles. The summed E-state index contributed by atoms with van der Waals surface area (Å²) in [7, 11) is 12.9. The third kappa shape index (κ3) is 3.53. The smallest absolute Gasteiger partial charge is 0.203 e. The van der Waals surface area contributed by atoms with Crippen LogP contribution in [0.4, 0.5) is 0 Å². The van der Waals surface area contributed by atoms with Gasteiger partial charge in [0.25, 0.3) is 0 Å². The van der Waals surface area contributed by atoms with Crippen molar-refractivity contribution in [3.63, 3.8) is 0 Å². The number of benzene rings is 1. The molecule has 0 radical (unpaired) electrons. The van der Waals surface area contributed by atoms with Gasteiger partial charge in [0, 0.05) is 19.7 Å². The Morgan fingerprint density at radius 3 is 1.76 bits per heavy atom. The van der Waals surface area contributed by atoms with Crippen molar-refractivity contribution in [3.05, 3.63) is 24.7 Å². The first kappa shape index (κ1) is 13.6. The molecule has 0 saturated carbocycles. The summed E-state index contributed by atoms with van der Waals surface area (Å²) in [5.41, 5.74) is 1.10. The molecule has 4 nitrogen and oxygen atoms in total. The van der Waals surface area contributed by atoms with Crippen LogP contribution in [0.3, 0.4) is 0 Å². The first-order valence-electron chi connectivity index (χ1n) is 5.37. The average Bonchev–Trinajstić information content (AvgIpc) is 2.25. The summed E-state index contributed by atoms with van der Waals surface area (Å²) >= 11 is 0. The molecule has 0 atom stereocenters. The highest BCUT2D eigenvalue weighted by Gasteiger charge is 2.15. The minimum atomic E-state index is 0.596. The molecule has 96 valence electrons. The Balaban J connectivity index is 3.18. The monoisotopic (exact) mass is 239 g/mol. The second kappa shape index (κ2) is 5.27. The van der Waals surface area contributed by atoms with Crippen LogP contribution in [0.15, 0.2) is 12.1 Å². The van der Waals surface area contributed by atoms with Crippen LogP contribution in [-0.4, -0.2) is 39.9 Å². The van der Waals surface area contributed by atoms with Gasteiger partial charge in [0.2, 0.25) is 5.75 Å². The minimum absolute atomic E-state index is 0.596. The Labute approximate surface area is 103 Å². The Bertz CT molecular complexity index is 358. The summed E-state index contributed by atoms with van der Waals surface area (Å²) in [6, 6.07) is 3.90. The van der Waals surface area contributed by atoms with Crippen molar-refractivity contribution < 1.29 is 18.7 Å². The molecule has 4 heteroatoms. The van der Waals surface area contributed by atoms with Crippen LogP contribution in [0.2, 0.25) is 0 Å². The van der Waals surface area contributed by atoms with Crippen molar-refractivity contribution in [2.75, 3.05) is 35.4 Å². The van der Waals surface area contributed by atoms with Crippen LogP contribution in [0.25, 0.3) is 0 Å². The number of hydrogen-bond acceptors (Lipinski definition) is 3. The van der Waals surface area contributed by atoms with E-state index in [2.05, 4.69) is 7.05 Å². The maximum Gasteiger partial charge on any atom is 0.203 e. The van der Waals surface area contributed by atoms with E-state index in [0.29, 0.717) is 21.7 Å². The van der Waals surface area contributed by atoms with E-state index in [1.54, 1.807) is 21.3 Å². The molecule has 17 heavy (non-hydrogen) atoms. The zero-order valence-electron chi connectivity index (χ0n) is 11.2. The lowest BCUT2D eigenvalue weighted by atomic mass is 10.1. The molecule has 1 rings (SSSR count). The van der Waals surface area contributed by atoms with Crippen LogP contribution in [0.5, 0.6) is 17.2 Å². The summed E-state index contributed by atoms with van der Waals surface area (Å²) in [5.74, 6) is 1.97. The maximum atomic E-state index is 5.30. The van der Waals surface area contributed by atoms with Gasteiger partial charge in [0.05, 0.1) is 27.9 Å². The van der Waals surface area contributed by atoms with E-state index >= 15 is 0 Å². The number of methoxy groups -OCH3 is 3. The lowest BCUT2D eigenvalue weighted by Crippen LogP contribution is -2.30. The van der Waals surface area contributed by atoms with E-state index in [-0.39, 0.29) is 0 Å². The molecule has 0 aliphatic carbocycles. The van der Waals surface area contributed by atoms with Crippen molar-refractivity contribution in [1.82, 2.24) is 0 Å². The van der Waals surface area contributed by atoms with E-state index in [1.165, 1.54) is 0 Å². The fourth-order valence-corrected chi connectivity index (χ4v) is 1.72. The molecule has 0 aliphatic heterocycles. The summed E-state index contributed by atoms with van der Waals surface area (Å²) < 4.78 is 16.5. The topological polar surface area (TPSA) is 27.7 Å². The van der Waals surface area contributed by atoms with Crippen molar-refractivity contribution in [1.29, 1.82) is 0 Å². The zero-order valence-corrected chi connectivity index (χ0v) is 11.2. The van der Waals surface area contributed by atoms with E-state index in [4.69, 9.17) is 14.2 Å². The number of quaternary nitrogens is 1. The highest BCUT2D eigenvalue weighted by Crippen LogP contribution is 2.38. The van der Waals surface area contributed by atoms with E-state index in [1.807, 2.05) is 26.2 Å². The molecular formula is C13H21NO3. The van der Waals surface area contributed by atoms with Gasteiger partial charge in [-0.25, -0.2) is 0 Å². The number of nitrogens with zero attached hydrogens (tertiary/aromatic N) is 1. The molecule has 0 heterocycles. The summed E-state index contributed by atoms with van der Waals surface area (Å²) in [4.78, 5) is 0. The largest absolute Gasteiger partial charge is 0.493 e. The third-order valence-electron chi connectivity index (χ3n) is 2.34. The van der Waals surface area contributed by atoms with Crippen molar-refractivity contribution in [3.8, 4) is 17.2 Å². The van der Waals surface area contributed by atoms with Crippen molar-refractivity contribution >= 4 is 0 Å². The molecular weight excluding hydrogens is 218 g/mol. The van der Waals surface area contributed by atoms with Crippen molar-refractivity contribution in [2.24, 2.45) is 0 Å². The lowest BCUT2D eigenvalue weighted by Gasteiger charge is -2.33. The Kier molecular flexibility index (Phi) is 4.23. The van der Waals surface area contributed by atoms with Gasteiger partial charge < -0.3 is 18.7 Å². The van der Waals surface area contributed by atoms with Crippen LogP contribution < -0.4 is 14.2 Å². The van der Waals surface area contributed by atoms with Gasteiger partial charge >= 0.3 is 0 Å². The fourth-order valence-electron chi connectivity index (χ4n) is 1.72. The predicted molar refractivity (Wildman–Crippen MR) is 67.3 cm³/mol. The summed E-state index contributed by atoms with van der Waals surface area (Å²) in [6.07, 6.45) is 0. The van der Waals surface area contributed by atoms with E-state index in [0.717, 1.165) is 12.1 Å². The number of hydrogen-bond donors (Lipinski definition) is 0. The highest BCUT2D eigenvalue weighted by molar-refractivity contribution is 5.53. The summed E-state index contributed by atoms with van der Waals surface area (Å²) in [6.45, 7) is 0.788. The van der Waals surface area contributed by atoms with Gasteiger partial charge in [0.15, 0.2) is 11.5 Å². The van der Waals surface area contributed by atoms with Gasteiger partial charge in [0.1, 0.15) is 0 Å². The number of ether oxygens (including phenoxy) is 3. The highest BCUT2D eigenvalue weighted by atomic mass is 16.5. The Morgan fingerprint density at radius 1 is 1.00 bits per heavy atom. The van der Waals surface area contributed by atoms with Crippen LogP contribution in [-0.2, 0) is 6.54 Å². The molecule has 0 spiro atoms. The molecule has 0 amide bonds. The standard InChI is InChI=1S/C13H21NO3/c1-14(2,3)9-10-7-11(15-4)13(17-6)12(8-10)16-5/h7-8H,1,9H2,2-6H3. The second-order valence-corrected chi connectivity index (χ2v) is 4.63. The minimum Gasteiger partial charge on any atom is -0.493 e. The maximum absolute atomic E-state index is 5.30.